The second-order valence-electron chi connectivity index (χ2n) is 4.60. The minimum atomic E-state index is 0.481. The zero-order chi connectivity index (χ0) is 12.1. The first-order valence-corrected chi connectivity index (χ1v) is 6.61. The Morgan fingerprint density at radius 3 is 2.82 bits per heavy atom. The van der Waals surface area contributed by atoms with Crippen LogP contribution in [-0.2, 0) is 0 Å². The van der Waals surface area contributed by atoms with Crippen LogP contribution < -0.4 is 10.1 Å². The molecular formula is C13H19ClN2O. The topological polar surface area (TPSA) is 34.1 Å². The molecule has 1 saturated carbocycles. The van der Waals surface area contributed by atoms with Gasteiger partial charge in [-0.1, -0.05) is 30.9 Å². The number of anilines is 1. The Bertz CT molecular complexity index is 364. The summed E-state index contributed by atoms with van der Waals surface area (Å²) in [5, 5.41) is 3.96. The van der Waals surface area contributed by atoms with E-state index in [9.17, 15) is 0 Å². The fourth-order valence-electron chi connectivity index (χ4n) is 2.33. The lowest BCUT2D eigenvalue weighted by atomic mass is 9.89. The third-order valence-electron chi connectivity index (χ3n) is 3.32. The third kappa shape index (κ3) is 3.50. The molecule has 0 radical (unpaired) electrons. The number of aromatic nitrogens is 1. The van der Waals surface area contributed by atoms with E-state index in [0.29, 0.717) is 10.9 Å². The van der Waals surface area contributed by atoms with E-state index in [2.05, 4.69) is 10.3 Å². The Labute approximate surface area is 108 Å². The highest BCUT2D eigenvalue weighted by Crippen LogP contribution is 2.26. The number of hydrogen-bond donors (Lipinski definition) is 1. The van der Waals surface area contributed by atoms with Gasteiger partial charge in [0.25, 0.3) is 0 Å². The van der Waals surface area contributed by atoms with Crippen molar-refractivity contribution in [2.45, 2.75) is 32.1 Å². The number of nitrogens with zero attached hydrogens (tertiary/aromatic N) is 1. The van der Waals surface area contributed by atoms with E-state index in [-0.39, 0.29) is 0 Å². The van der Waals surface area contributed by atoms with Crippen LogP contribution in [-0.4, -0.2) is 18.6 Å². The lowest BCUT2D eigenvalue weighted by Gasteiger charge is -2.22. The molecule has 1 fully saturated rings. The van der Waals surface area contributed by atoms with E-state index in [0.717, 1.165) is 18.2 Å². The third-order valence-corrected chi connectivity index (χ3v) is 3.59. The van der Waals surface area contributed by atoms with Crippen LogP contribution in [0.3, 0.4) is 0 Å². The SMILES string of the molecule is COc1ncc(NCC2CCCCC2)cc1Cl. The minimum Gasteiger partial charge on any atom is -0.480 e. The quantitative estimate of drug-likeness (QED) is 0.889. The van der Waals surface area contributed by atoms with Gasteiger partial charge in [0.05, 0.1) is 19.0 Å². The number of methoxy groups -OCH3 is 1. The Kier molecular flexibility index (Phi) is 4.49. The Hall–Kier alpha value is -0.960. The summed E-state index contributed by atoms with van der Waals surface area (Å²) in [5.74, 6) is 1.28. The molecule has 1 heterocycles. The standard InChI is InChI=1S/C13H19ClN2O/c1-17-13-12(14)7-11(9-16-13)15-8-10-5-3-2-4-6-10/h7,9-10,15H,2-6,8H2,1H3. The molecule has 1 aromatic heterocycles. The van der Waals surface area contributed by atoms with Crippen molar-refractivity contribution in [3.63, 3.8) is 0 Å². The molecule has 2 rings (SSSR count). The summed E-state index contributed by atoms with van der Waals surface area (Å²) in [6.07, 6.45) is 8.58. The molecule has 17 heavy (non-hydrogen) atoms. The van der Waals surface area contributed by atoms with Gasteiger partial charge in [-0.2, -0.15) is 0 Å². The van der Waals surface area contributed by atoms with Crippen LogP contribution in [0.2, 0.25) is 5.02 Å². The van der Waals surface area contributed by atoms with E-state index < -0.39 is 0 Å². The first-order valence-electron chi connectivity index (χ1n) is 6.23. The number of pyridine rings is 1. The average molecular weight is 255 g/mol. The molecule has 1 aliphatic carbocycles. The molecular weight excluding hydrogens is 236 g/mol. The van der Waals surface area contributed by atoms with Gasteiger partial charge in [-0.25, -0.2) is 4.98 Å². The summed E-state index contributed by atoms with van der Waals surface area (Å²) < 4.78 is 5.02. The Balaban J connectivity index is 1.87. The zero-order valence-corrected chi connectivity index (χ0v) is 11.0. The molecule has 0 amide bonds. The van der Waals surface area contributed by atoms with Crippen molar-refractivity contribution in [2.75, 3.05) is 19.0 Å². The molecule has 1 aromatic rings. The van der Waals surface area contributed by atoms with Crippen molar-refractivity contribution in [3.8, 4) is 5.88 Å². The maximum atomic E-state index is 6.02. The average Bonchev–Trinajstić information content (AvgIpc) is 2.38. The van der Waals surface area contributed by atoms with Crippen LogP contribution in [0.5, 0.6) is 5.88 Å². The molecule has 3 nitrogen and oxygen atoms in total. The second kappa shape index (κ2) is 6.10. The van der Waals surface area contributed by atoms with Crippen LogP contribution in [0.15, 0.2) is 12.3 Å². The highest BCUT2D eigenvalue weighted by molar-refractivity contribution is 6.32. The summed E-state index contributed by atoms with van der Waals surface area (Å²) in [5.41, 5.74) is 0.973. The van der Waals surface area contributed by atoms with Gasteiger partial charge in [0.2, 0.25) is 5.88 Å². The van der Waals surface area contributed by atoms with Crippen molar-refractivity contribution in [1.29, 1.82) is 0 Å². The van der Waals surface area contributed by atoms with Gasteiger partial charge in [0, 0.05) is 6.54 Å². The van der Waals surface area contributed by atoms with Crippen LogP contribution in [0.25, 0.3) is 0 Å². The highest BCUT2D eigenvalue weighted by atomic mass is 35.5. The normalized spacial score (nSPS) is 16.8. The largest absolute Gasteiger partial charge is 0.480 e. The second-order valence-corrected chi connectivity index (χ2v) is 5.01. The van der Waals surface area contributed by atoms with E-state index in [1.54, 1.807) is 13.3 Å². The molecule has 0 aromatic carbocycles. The molecule has 1 N–H and O–H groups in total. The van der Waals surface area contributed by atoms with Crippen molar-refractivity contribution >= 4 is 17.3 Å². The lowest BCUT2D eigenvalue weighted by Crippen LogP contribution is -2.17. The van der Waals surface area contributed by atoms with Crippen molar-refractivity contribution in [2.24, 2.45) is 5.92 Å². The summed E-state index contributed by atoms with van der Waals surface area (Å²) in [7, 11) is 1.57. The lowest BCUT2D eigenvalue weighted by molar-refractivity contribution is 0.373. The van der Waals surface area contributed by atoms with Gasteiger partial charge in [0.15, 0.2) is 0 Å². The predicted octanol–water partition coefficient (Wildman–Crippen LogP) is 3.74. The van der Waals surface area contributed by atoms with E-state index in [4.69, 9.17) is 16.3 Å². The predicted molar refractivity (Wildman–Crippen MR) is 70.9 cm³/mol. The van der Waals surface area contributed by atoms with Crippen molar-refractivity contribution in [3.05, 3.63) is 17.3 Å². The monoisotopic (exact) mass is 254 g/mol. The summed E-state index contributed by atoms with van der Waals surface area (Å²) in [6.45, 7) is 1.02. The Morgan fingerprint density at radius 1 is 1.41 bits per heavy atom. The van der Waals surface area contributed by atoms with Gasteiger partial charge < -0.3 is 10.1 Å². The van der Waals surface area contributed by atoms with E-state index in [1.165, 1.54) is 32.1 Å². The molecule has 0 aliphatic heterocycles. The first-order chi connectivity index (χ1) is 8.29. The minimum absolute atomic E-state index is 0.481. The van der Waals surface area contributed by atoms with Gasteiger partial charge in [-0.05, 0) is 24.8 Å². The number of halogens is 1. The fourth-order valence-corrected chi connectivity index (χ4v) is 2.57. The summed E-state index contributed by atoms with van der Waals surface area (Å²) in [6, 6.07) is 1.87. The fraction of sp³-hybridized carbons (Fsp3) is 0.615. The molecule has 4 heteroatoms. The number of nitrogens with one attached hydrogen (secondary N) is 1. The van der Waals surface area contributed by atoms with Gasteiger partial charge in [-0.15, -0.1) is 0 Å². The van der Waals surface area contributed by atoms with Crippen LogP contribution in [0.4, 0.5) is 5.69 Å². The van der Waals surface area contributed by atoms with Gasteiger partial charge in [0.1, 0.15) is 5.02 Å². The van der Waals surface area contributed by atoms with E-state index >= 15 is 0 Å². The molecule has 0 unspecified atom stereocenters. The number of rotatable bonds is 4. The molecule has 1 aliphatic rings. The highest BCUT2D eigenvalue weighted by Gasteiger charge is 2.13. The van der Waals surface area contributed by atoms with Gasteiger partial charge in [-0.3, -0.25) is 0 Å². The van der Waals surface area contributed by atoms with Crippen molar-refractivity contribution in [1.82, 2.24) is 4.98 Å². The number of ether oxygens (including phenoxy) is 1. The van der Waals surface area contributed by atoms with Crippen LogP contribution in [0, 0.1) is 5.92 Å². The summed E-state index contributed by atoms with van der Waals surface area (Å²) >= 11 is 6.02. The molecule has 94 valence electrons. The van der Waals surface area contributed by atoms with Gasteiger partial charge >= 0.3 is 0 Å². The Morgan fingerprint density at radius 2 is 2.18 bits per heavy atom. The molecule has 0 spiro atoms. The first kappa shape index (κ1) is 12.5. The van der Waals surface area contributed by atoms with Crippen LogP contribution in [0.1, 0.15) is 32.1 Å². The number of hydrogen-bond acceptors (Lipinski definition) is 3. The van der Waals surface area contributed by atoms with Crippen molar-refractivity contribution < 1.29 is 4.74 Å². The van der Waals surface area contributed by atoms with Crippen LogP contribution >= 0.6 is 11.6 Å². The maximum Gasteiger partial charge on any atom is 0.232 e. The summed E-state index contributed by atoms with van der Waals surface area (Å²) in [4.78, 5) is 4.14. The molecule has 0 atom stereocenters. The molecule has 0 saturated heterocycles. The smallest absolute Gasteiger partial charge is 0.232 e. The maximum absolute atomic E-state index is 6.02. The van der Waals surface area contributed by atoms with E-state index in [1.807, 2.05) is 6.07 Å². The zero-order valence-electron chi connectivity index (χ0n) is 10.2. The molecule has 0 bridgehead atoms.